The van der Waals surface area contributed by atoms with Crippen LogP contribution in [0.5, 0.6) is 5.75 Å². The minimum Gasteiger partial charge on any atom is -0.497 e. The van der Waals surface area contributed by atoms with Crippen molar-refractivity contribution in [1.82, 2.24) is 9.88 Å². The highest BCUT2D eigenvalue weighted by Gasteiger charge is 2.06. The van der Waals surface area contributed by atoms with E-state index >= 15 is 0 Å². The first-order chi connectivity index (χ1) is 11.1. The SMILES string of the molecule is COc1cc(C)cc(CNCc2ccc3c(c2)oc(=O)n3C)c1. The molecule has 0 saturated heterocycles. The Labute approximate surface area is 134 Å². The van der Waals surface area contributed by atoms with Crippen LogP contribution in [0.2, 0.25) is 0 Å². The lowest BCUT2D eigenvalue weighted by molar-refractivity contribution is 0.413. The van der Waals surface area contributed by atoms with Gasteiger partial charge in [-0.05, 0) is 47.9 Å². The predicted octanol–water partition coefficient (Wildman–Crippen LogP) is 2.74. The molecule has 3 aromatic rings. The number of rotatable bonds is 5. The van der Waals surface area contributed by atoms with E-state index in [9.17, 15) is 4.79 Å². The highest BCUT2D eigenvalue weighted by Crippen LogP contribution is 2.17. The van der Waals surface area contributed by atoms with Crippen molar-refractivity contribution >= 4 is 11.1 Å². The third-order valence-electron chi connectivity index (χ3n) is 3.86. The van der Waals surface area contributed by atoms with Gasteiger partial charge in [0.2, 0.25) is 0 Å². The van der Waals surface area contributed by atoms with Crippen LogP contribution in [-0.2, 0) is 20.1 Å². The number of methoxy groups -OCH3 is 1. The first-order valence-electron chi connectivity index (χ1n) is 7.50. The second kappa shape index (κ2) is 6.30. The Hall–Kier alpha value is -2.53. The predicted molar refractivity (Wildman–Crippen MR) is 89.7 cm³/mol. The van der Waals surface area contributed by atoms with Crippen LogP contribution in [0, 0.1) is 6.92 Å². The second-order valence-electron chi connectivity index (χ2n) is 5.69. The fourth-order valence-electron chi connectivity index (χ4n) is 2.68. The second-order valence-corrected chi connectivity index (χ2v) is 5.69. The van der Waals surface area contributed by atoms with Crippen LogP contribution in [0.3, 0.4) is 0 Å². The van der Waals surface area contributed by atoms with Crippen LogP contribution >= 0.6 is 0 Å². The Morgan fingerprint density at radius 3 is 2.70 bits per heavy atom. The normalized spacial score (nSPS) is 11.1. The number of oxazole rings is 1. The lowest BCUT2D eigenvalue weighted by Crippen LogP contribution is -2.12. The molecule has 0 amide bonds. The van der Waals surface area contributed by atoms with Crippen LogP contribution in [0.4, 0.5) is 0 Å². The summed E-state index contributed by atoms with van der Waals surface area (Å²) in [6.45, 7) is 3.50. The van der Waals surface area contributed by atoms with E-state index in [1.54, 1.807) is 14.2 Å². The van der Waals surface area contributed by atoms with Crippen LogP contribution in [0.1, 0.15) is 16.7 Å². The van der Waals surface area contributed by atoms with E-state index < -0.39 is 0 Å². The zero-order valence-corrected chi connectivity index (χ0v) is 13.6. The minimum absolute atomic E-state index is 0.336. The maximum atomic E-state index is 11.5. The summed E-state index contributed by atoms with van der Waals surface area (Å²) in [5, 5.41) is 3.40. The average Bonchev–Trinajstić information content (AvgIpc) is 2.81. The highest BCUT2D eigenvalue weighted by atomic mass is 16.5. The van der Waals surface area contributed by atoms with Crippen LogP contribution in [0.25, 0.3) is 11.1 Å². The standard InChI is InChI=1S/C18H20N2O3/c1-12-6-14(8-15(7-12)22-3)11-19-10-13-4-5-16-17(9-13)23-18(21)20(16)2/h4-9,19H,10-11H2,1-3H3. The van der Waals surface area contributed by atoms with Crippen molar-refractivity contribution in [3.63, 3.8) is 0 Å². The summed E-state index contributed by atoms with van der Waals surface area (Å²) in [6.07, 6.45) is 0. The number of nitrogens with zero attached hydrogens (tertiary/aromatic N) is 1. The fraction of sp³-hybridized carbons (Fsp3) is 0.278. The van der Waals surface area contributed by atoms with E-state index in [2.05, 4.69) is 18.3 Å². The van der Waals surface area contributed by atoms with Gasteiger partial charge in [0.15, 0.2) is 5.58 Å². The minimum atomic E-state index is -0.336. The summed E-state index contributed by atoms with van der Waals surface area (Å²) in [6, 6.07) is 12.0. The molecule has 120 valence electrons. The van der Waals surface area contributed by atoms with Gasteiger partial charge >= 0.3 is 5.76 Å². The molecule has 0 aliphatic rings. The van der Waals surface area contributed by atoms with E-state index in [1.165, 1.54) is 15.7 Å². The topological polar surface area (TPSA) is 56.4 Å². The molecule has 23 heavy (non-hydrogen) atoms. The van der Waals surface area contributed by atoms with E-state index in [0.29, 0.717) is 12.1 Å². The molecule has 5 heteroatoms. The number of benzene rings is 2. The summed E-state index contributed by atoms with van der Waals surface area (Å²) in [4.78, 5) is 11.5. The van der Waals surface area contributed by atoms with Gasteiger partial charge in [0.1, 0.15) is 5.75 Å². The third kappa shape index (κ3) is 3.29. The highest BCUT2D eigenvalue weighted by molar-refractivity contribution is 5.73. The number of ether oxygens (including phenoxy) is 1. The number of nitrogens with one attached hydrogen (secondary N) is 1. The molecular weight excluding hydrogens is 292 g/mol. The van der Waals surface area contributed by atoms with Crippen molar-refractivity contribution in [3.05, 3.63) is 63.6 Å². The molecule has 0 bridgehead atoms. The van der Waals surface area contributed by atoms with Crippen LogP contribution in [-0.4, -0.2) is 11.7 Å². The van der Waals surface area contributed by atoms with Crippen molar-refractivity contribution in [3.8, 4) is 5.75 Å². The van der Waals surface area contributed by atoms with Crippen LogP contribution in [0.15, 0.2) is 45.6 Å². The Morgan fingerprint density at radius 2 is 1.91 bits per heavy atom. The molecule has 1 aromatic heterocycles. The number of aryl methyl sites for hydroxylation is 2. The summed E-state index contributed by atoms with van der Waals surface area (Å²) >= 11 is 0. The maximum absolute atomic E-state index is 11.5. The monoisotopic (exact) mass is 312 g/mol. The molecule has 3 rings (SSSR count). The van der Waals surface area contributed by atoms with Gasteiger partial charge in [-0.3, -0.25) is 4.57 Å². The van der Waals surface area contributed by atoms with Gasteiger partial charge in [0.25, 0.3) is 0 Å². The Balaban J connectivity index is 1.69. The first kappa shape index (κ1) is 15.4. The zero-order chi connectivity index (χ0) is 16.4. The molecule has 0 radical (unpaired) electrons. The summed E-state index contributed by atoms with van der Waals surface area (Å²) < 4.78 is 12.0. The number of aromatic nitrogens is 1. The van der Waals surface area contributed by atoms with E-state index in [1.807, 2.05) is 30.3 Å². The molecule has 1 N–H and O–H groups in total. The Morgan fingerprint density at radius 1 is 1.13 bits per heavy atom. The van der Waals surface area contributed by atoms with Crippen molar-refractivity contribution < 1.29 is 9.15 Å². The fourth-order valence-corrected chi connectivity index (χ4v) is 2.68. The molecule has 0 spiro atoms. The molecule has 0 fully saturated rings. The lowest BCUT2D eigenvalue weighted by atomic mass is 10.1. The third-order valence-corrected chi connectivity index (χ3v) is 3.86. The molecule has 0 unspecified atom stereocenters. The number of hydrogen-bond donors (Lipinski definition) is 1. The smallest absolute Gasteiger partial charge is 0.419 e. The van der Waals surface area contributed by atoms with Crippen molar-refractivity contribution in [2.24, 2.45) is 7.05 Å². The maximum Gasteiger partial charge on any atom is 0.419 e. The van der Waals surface area contributed by atoms with E-state index in [-0.39, 0.29) is 5.76 Å². The van der Waals surface area contributed by atoms with Crippen LogP contribution < -0.4 is 15.8 Å². The van der Waals surface area contributed by atoms with Gasteiger partial charge in [-0.25, -0.2) is 4.79 Å². The molecule has 0 atom stereocenters. The number of hydrogen-bond acceptors (Lipinski definition) is 4. The van der Waals surface area contributed by atoms with Gasteiger partial charge in [-0.15, -0.1) is 0 Å². The lowest BCUT2D eigenvalue weighted by Gasteiger charge is -2.08. The Kier molecular flexibility index (Phi) is 4.21. The molecule has 0 saturated carbocycles. The van der Waals surface area contributed by atoms with Gasteiger partial charge in [-0.2, -0.15) is 0 Å². The Bertz CT molecular complexity index is 893. The number of fused-ring (bicyclic) bond motifs is 1. The summed E-state index contributed by atoms with van der Waals surface area (Å²) in [5.74, 6) is 0.534. The van der Waals surface area contributed by atoms with E-state index in [0.717, 1.165) is 23.4 Å². The van der Waals surface area contributed by atoms with Gasteiger partial charge in [0, 0.05) is 20.1 Å². The molecule has 1 heterocycles. The van der Waals surface area contributed by atoms with Gasteiger partial charge in [-0.1, -0.05) is 12.1 Å². The summed E-state index contributed by atoms with van der Waals surface area (Å²) in [5.41, 5.74) is 4.85. The molecule has 0 aliphatic carbocycles. The van der Waals surface area contributed by atoms with E-state index in [4.69, 9.17) is 9.15 Å². The zero-order valence-electron chi connectivity index (χ0n) is 13.6. The quantitative estimate of drug-likeness (QED) is 0.787. The van der Waals surface area contributed by atoms with Crippen molar-refractivity contribution in [2.45, 2.75) is 20.0 Å². The largest absolute Gasteiger partial charge is 0.497 e. The van der Waals surface area contributed by atoms with Gasteiger partial charge in [0.05, 0.1) is 12.6 Å². The van der Waals surface area contributed by atoms with Gasteiger partial charge < -0.3 is 14.5 Å². The molecule has 5 nitrogen and oxygen atoms in total. The summed E-state index contributed by atoms with van der Waals surface area (Å²) in [7, 11) is 3.38. The molecule has 0 aliphatic heterocycles. The molecule has 2 aromatic carbocycles. The molecular formula is C18H20N2O3. The van der Waals surface area contributed by atoms with Crippen molar-refractivity contribution in [1.29, 1.82) is 0 Å². The first-order valence-corrected chi connectivity index (χ1v) is 7.50. The average molecular weight is 312 g/mol. The van der Waals surface area contributed by atoms with Crippen molar-refractivity contribution in [2.75, 3.05) is 7.11 Å².